The van der Waals surface area contributed by atoms with Gasteiger partial charge in [-0.2, -0.15) is 0 Å². The van der Waals surface area contributed by atoms with Gasteiger partial charge in [-0.15, -0.1) is 55.4 Å². The minimum absolute atomic E-state index is 0.184. The highest BCUT2D eigenvalue weighted by Gasteiger charge is 2.47. The van der Waals surface area contributed by atoms with Gasteiger partial charge < -0.3 is 0 Å². The number of hydrogen-bond acceptors (Lipinski definition) is 6. The van der Waals surface area contributed by atoms with Crippen LogP contribution in [0.25, 0.3) is 19.5 Å². The van der Waals surface area contributed by atoms with Gasteiger partial charge in [0.15, 0.2) is 0 Å². The Labute approximate surface area is 316 Å². The van der Waals surface area contributed by atoms with E-state index in [1.54, 1.807) is 16.2 Å². The highest BCUT2D eigenvalue weighted by molar-refractivity contribution is 8.35. The average molecular weight is 760 g/mol. The number of thiophene rings is 4. The predicted molar refractivity (Wildman–Crippen MR) is 220 cm³/mol. The molecule has 5 aromatic rings. The molecule has 0 N–H and O–H groups in total. The Morgan fingerprint density at radius 3 is 2.16 bits per heavy atom. The van der Waals surface area contributed by atoms with Crippen LogP contribution >= 0.6 is 55.4 Å². The number of anilines is 1. The van der Waals surface area contributed by atoms with Crippen molar-refractivity contribution in [2.75, 3.05) is 10.7 Å². The van der Waals surface area contributed by atoms with Gasteiger partial charge in [-0.1, -0.05) is 90.3 Å². The number of benzene rings is 1. The number of aryl methyl sites for hydroxylation is 3. The molecular formula is C42H49NO2S5. The lowest BCUT2D eigenvalue weighted by Gasteiger charge is -2.39. The lowest BCUT2D eigenvalue weighted by atomic mass is 10.0. The van der Waals surface area contributed by atoms with Crippen LogP contribution in [0, 0.1) is 19.8 Å². The smallest absolute Gasteiger partial charge is 0.267 e. The summed E-state index contributed by atoms with van der Waals surface area (Å²) in [5.74, 6) is 1.47. The summed E-state index contributed by atoms with van der Waals surface area (Å²) in [5, 5.41) is 2.25. The Kier molecular flexibility index (Phi) is 10.9. The SMILES string of the molecule is CCCCCCCCc1ccc(N2C(=O)c3c(C)sc(-c4cc5c(s4)-c4sc(C)cc4S5(CC(CC)CCCC)c4cccs4)c3C2=O)cc1. The van der Waals surface area contributed by atoms with Crippen LogP contribution in [0.4, 0.5) is 5.69 Å². The first-order chi connectivity index (χ1) is 24.3. The molecule has 2 aliphatic rings. The quantitative estimate of drug-likeness (QED) is 0.0742. The number of fused-ring (bicyclic) bond motifs is 4. The standard InChI is InChI=1S/C42H49NO2S5/c1-6-9-11-12-13-14-17-30-19-21-31(22-20-30)43-41(44)36-28(5)48-38(37(36)42(43)45)32-25-34-40(49-32)39-33(24-27(4)47-39)50(34,35-18-15-23-46-35)26-29(8-3)16-10-7-2/h15,18-25,29H,6-14,16-17,26H2,1-5H3. The summed E-state index contributed by atoms with van der Waals surface area (Å²) in [4.78, 5) is 39.9. The molecule has 0 saturated carbocycles. The first-order valence-corrected chi connectivity index (χ1v) is 23.7. The Balaban J connectivity index is 1.23. The maximum Gasteiger partial charge on any atom is 0.267 e. The summed E-state index contributed by atoms with van der Waals surface area (Å²) in [7, 11) is -1.44. The van der Waals surface area contributed by atoms with Crippen LogP contribution in [0.2, 0.25) is 0 Å². The fourth-order valence-electron chi connectivity index (χ4n) is 7.77. The van der Waals surface area contributed by atoms with Gasteiger partial charge in [0.25, 0.3) is 11.8 Å². The van der Waals surface area contributed by atoms with Crippen LogP contribution in [0.3, 0.4) is 0 Å². The van der Waals surface area contributed by atoms with Crippen molar-refractivity contribution < 1.29 is 9.59 Å². The highest BCUT2D eigenvalue weighted by Crippen LogP contribution is 2.80. The second kappa shape index (κ2) is 15.2. The van der Waals surface area contributed by atoms with Gasteiger partial charge in [0, 0.05) is 24.4 Å². The largest absolute Gasteiger partial charge is 0.268 e. The summed E-state index contributed by atoms with van der Waals surface area (Å²) in [6.07, 6.45) is 13.6. The van der Waals surface area contributed by atoms with E-state index in [0.717, 1.165) is 21.1 Å². The van der Waals surface area contributed by atoms with Gasteiger partial charge >= 0.3 is 0 Å². The topological polar surface area (TPSA) is 37.4 Å². The number of imide groups is 1. The van der Waals surface area contributed by atoms with Gasteiger partial charge in [0.2, 0.25) is 0 Å². The molecule has 0 radical (unpaired) electrons. The van der Waals surface area contributed by atoms with Gasteiger partial charge in [-0.3, -0.25) is 9.59 Å². The molecule has 264 valence electrons. The molecule has 0 bridgehead atoms. The third-order valence-corrected chi connectivity index (χ3v) is 20.1. The molecule has 0 fully saturated rings. The first-order valence-electron chi connectivity index (χ1n) is 18.5. The van der Waals surface area contributed by atoms with Crippen molar-refractivity contribution in [1.82, 2.24) is 0 Å². The van der Waals surface area contributed by atoms with Crippen molar-refractivity contribution in [2.45, 2.75) is 119 Å². The average Bonchev–Trinajstić information content (AvgIpc) is 3.96. The van der Waals surface area contributed by atoms with Gasteiger partial charge in [-0.25, -0.2) is 4.90 Å². The maximum absolute atomic E-state index is 14.3. The van der Waals surface area contributed by atoms with E-state index in [4.69, 9.17) is 0 Å². The molecule has 1 aromatic carbocycles. The van der Waals surface area contributed by atoms with Crippen molar-refractivity contribution in [3.63, 3.8) is 0 Å². The van der Waals surface area contributed by atoms with Crippen molar-refractivity contribution in [2.24, 2.45) is 5.92 Å². The number of rotatable bonds is 16. The Morgan fingerprint density at radius 2 is 1.44 bits per heavy atom. The minimum Gasteiger partial charge on any atom is -0.268 e. The molecule has 0 aliphatic carbocycles. The lowest BCUT2D eigenvalue weighted by molar-refractivity contribution is 0.0926. The Hall–Kier alpha value is -2.49. The van der Waals surface area contributed by atoms with Crippen LogP contribution in [-0.2, 0) is 6.42 Å². The van der Waals surface area contributed by atoms with Crippen LogP contribution < -0.4 is 4.90 Å². The van der Waals surface area contributed by atoms with Crippen molar-refractivity contribution in [3.05, 3.63) is 80.4 Å². The summed E-state index contributed by atoms with van der Waals surface area (Å²) in [5.41, 5.74) is 3.13. The third kappa shape index (κ3) is 6.31. The molecule has 0 saturated heterocycles. The van der Waals surface area contributed by atoms with E-state index >= 15 is 0 Å². The second-order valence-corrected chi connectivity index (χ2v) is 21.8. The zero-order chi connectivity index (χ0) is 35.0. The number of hydrogen-bond donors (Lipinski definition) is 0. The van der Waals surface area contributed by atoms with Crippen molar-refractivity contribution >= 4 is 72.9 Å². The Morgan fingerprint density at radius 1 is 0.740 bits per heavy atom. The van der Waals surface area contributed by atoms with E-state index in [1.165, 1.54) is 104 Å². The van der Waals surface area contributed by atoms with Gasteiger partial charge in [0.1, 0.15) is 0 Å². The van der Waals surface area contributed by atoms with E-state index < -0.39 is 10.0 Å². The zero-order valence-electron chi connectivity index (χ0n) is 30.1. The third-order valence-electron chi connectivity index (χ3n) is 10.5. The van der Waals surface area contributed by atoms with E-state index in [-0.39, 0.29) is 11.8 Å². The van der Waals surface area contributed by atoms with Crippen LogP contribution in [-0.4, -0.2) is 17.6 Å². The molecule has 8 heteroatoms. The number of carbonyl (C=O) groups excluding carboxylic acids is 2. The van der Waals surface area contributed by atoms with Crippen LogP contribution in [0.1, 0.15) is 121 Å². The summed E-state index contributed by atoms with van der Waals surface area (Å²) >= 11 is 7.30. The molecule has 0 spiro atoms. The van der Waals surface area contributed by atoms with Crippen molar-refractivity contribution in [1.29, 1.82) is 0 Å². The number of amides is 2. The molecule has 4 aromatic heterocycles. The van der Waals surface area contributed by atoms with E-state index in [0.29, 0.717) is 22.7 Å². The summed E-state index contributed by atoms with van der Waals surface area (Å²) in [6, 6.07) is 17.7. The fourth-order valence-corrected chi connectivity index (χ4v) is 18.7. The molecular weight excluding hydrogens is 711 g/mol. The summed E-state index contributed by atoms with van der Waals surface area (Å²) in [6.45, 7) is 11.2. The summed E-state index contributed by atoms with van der Waals surface area (Å²) < 4.78 is 1.50. The maximum atomic E-state index is 14.3. The lowest BCUT2D eigenvalue weighted by Crippen LogP contribution is -2.29. The fraction of sp³-hybridized carbons (Fsp3) is 0.429. The normalized spacial score (nSPS) is 18.4. The van der Waals surface area contributed by atoms with Crippen LogP contribution in [0.15, 0.2) is 67.9 Å². The monoisotopic (exact) mass is 759 g/mol. The first kappa shape index (κ1) is 35.9. The molecule has 2 unspecified atom stereocenters. The molecule has 2 amide bonds. The van der Waals surface area contributed by atoms with E-state index in [9.17, 15) is 9.59 Å². The molecule has 3 nitrogen and oxygen atoms in total. The zero-order valence-corrected chi connectivity index (χ0v) is 34.1. The molecule has 2 aliphatic heterocycles. The predicted octanol–water partition coefficient (Wildman–Crippen LogP) is 14.4. The number of carbonyl (C=O) groups is 2. The van der Waals surface area contributed by atoms with Crippen molar-refractivity contribution in [3.8, 4) is 19.5 Å². The number of unbranched alkanes of at least 4 members (excludes halogenated alkanes) is 6. The molecule has 2 atom stereocenters. The number of nitrogens with zero attached hydrogens (tertiary/aromatic N) is 1. The minimum atomic E-state index is -1.44. The second-order valence-electron chi connectivity index (χ2n) is 14.0. The van der Waals surface area contributed by atoms with Gasteiger partial charge in [0.05, 0.1) is 35.7 Å². The molecule has 7 rings (SSSR count). The molecule has 6 heterocycles. The highest BCUT2D eigenvalue weighted by atomic mass is 32.3. The van der Waals surface area contributed by atoms with Crippen LogP contribution in [0.5, 0.6) is 0 Å². The van der Waals surface area contributed by atoms with E-state index in [1.807, 2.05) is 53.1 Å². The Bertz CT molecular complexity index is 1980. The molecule has 50 heavy (non-hydrogen) atoms. The van der Waals surface area contributed by atoms with E-state index in [2.05, 4.69) is 69.5 Å². The van der Waals surface area contributed by atoms with Gasteiger partial charge in [-0.05, 0) is 86.1 Å².